The van der Waals surface area contributed by atoms with Crippen LogP contribution in [0.4, 0.5) is 35.1 Å². The van der Waals surface area contributed by atoms with Crippen molar-refractivity contribution in [3.8, 4) is 0 Å². The van der Waals surface area contributed by atoms with Crippen molar-refractivity contribution in [1.82, 2.24) is 10.6 Å². The summed E-state index contributed by atoms with van der Waals surface area (Å²) in [6, 6.07) is -1.47. The van der Waals surface area contributed by atoms with Crippen molar-refractivity contribution in [2.75, 3.05) is 6.54 Å². The standard InChI is InChI=1S/C9H10F8N2O2/c1-3(19-7(21)9(16,17)5(12)13)2-18-6(20)8(14,15)4(10)11/h3-5H,2H2,1H3,(H,18,20)(H,19,21)/t3-/m1/s1. The van der Waals surface area contributed by atoms with Gasteiger partial charge in [0.15, 0.2) is 0 Å². The zero-order valence-corrected chi connectivity index (χ0v) is 10.3. The first-order valence-electron chi connectivity index (χ1n) is 5.24. The average molecular weight is 330 g/mol. The molecular formula is C9H10F8N2O2. The van der Waals surface area contributed by atoms with Crippen LogP contribution in [-0.4, -0.2) is 49.1 Å². The molecule has 21 heavy (non-hydrogen) atoms. The van der Waals surface area contributed by atoms with E-state index in [4.69, 9.17) is 0 Å². The van der Waals surface area contributed by atoms with Gasteiger partial charge in [-0.3, -0.25) is 9.59 Å². The maximum atomic E-state index is 12.5. The Labute approximate surface area is 112 Å². The Hall–Kier alpha value is -1.62. The smallest absolute Gasteiger partial charge is 0.349 e. The fourth-order valence-electron chi connectivity index (χ4n) is 0.933. The minimum Gasteiger partial charge on any atom is -0.349 e. The normalized spacial score (nSPS) is 14.2. The molecule has 12 heteroatoms. The van der Waals surface area contributed by atoms with Crippen molar-refractivity contribution in [2.45, 2.75) is 37.7 Å². The predicted molar refractivity (Wildman–Crippen MR) is 52.5 cm³/mol. The van der Waals surface area contributed by atoms with Crippen molar-refractivity contribution >= 4 is 11.8 Å². The molecular weight excluding hydrogens is 320 g/mol. The zero-order chi connectivity index (χ0) is 17.0. The van der Waals surface area contributed by atoms with Crippen LogP contribution in [0, 0.1) is 0 Å². The summed E-state index contributed by atoms with van der Waals surface area (Å²) in [5.74, 6) is -14.8. The Kier molecular flexibility index (Phi) is 6.36. The largest absolute Gasteiger partial charge is 0.383 e. The molecule has 0 aromatic rings. The lowest BCUT2D eigenvalue weighted by Crippen LogP contribution is -2.53. The van der Waals surface area contributed by atoms with E-state index in [2.05, 4.69) is 0 Å². The first-order chi connectivity index (χ1) is 9.33. The van der Waals surface area contributed by atoms with Gasteiger partial charge in [0.05, 0.1) is 0 Å². The maximum Gasteiger partial charge on any atom is 0.383 e. The minimum absolute atomic E-state index is 0.903. The lowest BCUT2D eigenvalue weighted by Gasteiger charge is -2.20. The van der Waals surface area contributed by atoms with Crippen LogP contribution in [0.3, 0.4) is 0 Å². The minimum atomic E-state index is -5.01. The summed E-state index contributed by atoms with van der Waals surface area (Å²) < 4.78 is 97.2. The third kappa shape index (κ3) is 5.01. The van der Waals surface area contributed by atoms with E-state index in [9.17, 15) is 44.7 Å². The summed E-state index contributed by atoms with van der Waals surface area (Å²) >= 11 is 0. The maximum absolute atomic E-state index is 12.5. The number of alkyl halides is 8. The molecule has 4 nitrogen and oxygen atoms in total. The molecule has 0 saturated heterocycles. The highest BCUT2D eigenvalue weighted by molar-refractivity contribution is 5.85. The lowest BCUT2D eigenvalue weighted by molar-refractivity contribution is -0.171. The van der Waals surface area contributed by atoms with Gasteiger partial charge in [-0.25, -0.2) is 17.6 Å². The van der Waals surface area contributed by atoms with E-state index in [1.807, 2.05) is 0 Å². The summed E-state index contributed by atoms with van der Waals surface area (Å²) in [6.45, 7) is -0.0353. The van der Waals surface area contributed by atoms with E-state index in [-0.39, 0.29) is 0 Å². The molecule has 0 fully saturated rings. The SMILES string of the molecule is C[C@H](CNC(=O)C(F)(F)C(F)F)NC(=O)C(F)(F)C(F)F. The monoisotopic (exact) mass is 330 g/mol. The summed E-state index contributed by atoms with van der Waals surface area (Å²) in [5.41, 5.74) is 0. The molecule has 0 spiro atoms. The highest BCUT2D eigenvalue weighted by Crippen LogP contribution is 2.23. The second kappa shape index (κ2) is 6.89. The molecule has 0 rings (SSSR count). The molecule has 0 bridgehead atoms. The molecule has 0 radical (unpaired) electrons. The molecule has 2 amide bonds. The first-order valence-corrected chi connectivity index (χ1v) is 5.24. The molecule has 124 valence electrons. The summed E-state index contributed by atoms with van der Waals surface area (Å²) in [6.07, 6.45) is -8.58. The summed E-state index contributed by atoms with van der Waals surface area (Å²) in [5, 5.41) is 2.60. The van der Waals surface area contributed by atoms with E-state index in [1.54, 1.807) is 0 Å². The first kappa shape index (κ1) is 19.4. The molecule has 0 heterocycles. The number of carbonyl (C=O) groups is 2. The van der Waals surface area contributed by atoms with Crippen LogP contribution in [0.15, 0.2) is 0 Å². The Morgan fingerprint density at radius 3 is 1.67 bits per heavy atom. The number of halogens is 8. The van der Waals surface area contributed by atoms with Crippen molar-refractivity contribution in [3.63, 3.8) is 0 Å². The number of nitrogens with one attached hydrogen (secondary N) is 2. The fraction of sp³-hybridized carbons (Fsp3) is 0.778. The van der Waals surface area contributed by atoms with E-state index >= 15 is 0 Å². The van der Waals surface area contributed by atoms with Gasteiger partial charge < -0.3 is 10.6 Å². The average Bonchev–Trinajstić information content (AvgIpc) is 2.34. The van der Waals surface area contributed by atoms with Crippen molar-refractivity contribution in [3.05, 3.63) is 0 Å². The van der Waals surface area contributed by atoms with Crippen LogP contribution < -0.4 is 10.6 Å². The number of hydrogen-bond donors (Lipinski definition) is 2. The van der Waals surface area contributed by atoms with E-state index in [1.165, 1.54) is 10.6 Å². The van der Waals surface area contributed by atoms with Gasteiger partial charge in [-0.1, -0.05) is 0 Å². The van der Waals surface area contributed by atoms with Gasteiger partial charge >= 0.3 is 24.7 Å². The van der Waals surface area contributed by atoms with Gasteiger partial charge in [-0.15, -0.1) is 0 Å². The van der Waals surface area contributed by atoms with Crippen LogP contribution >= 0.6 is 0 Å². The molecule has 2 N–H and O–H groups in total. The number of carbonyl (C=O) groups excluding carboxylic acids is 2. The van der Waals surface area contributed by atoms with Crippen LogP contribution in [0.2, 0.25) is 0 Å². The van der Waals surface area contributed by atoms with Crippen molar-refractivity contribution in [2.24, 2.45) is 0 Å². The summed E-state index contributed by atoms with van der Waals surface area (Å²) in [7, 11) is 0. The lowest BCUT2D eigenvalue weighted by atomic mass is 10.2. The van der Waals surface area contributed by atoms with E-state index < -0.39 is 49.1 Å². The van der Waals surface area contributed by atoms with Crippen LogP contribution in [0.1, 0.15) is 6.92 Å². The highest BCUT2D eigenvalue weighted by Gasteiger charge is 2.50. The summed E-state index contributed by atoms with van der Waals surface area (Å²) in [4.78, 5) is 21.4. The zero-order valence-electron chi connectivity index (χ0n) is 10.3. The Morgan fingerprint density at radius 2 is 1.29 bits per heavy atom. The van der Waals surface area contributed by atoms with Gasteiger partial charge in [0.2, 0.25) is 0 Å². The van der Waals surface area contributed by atoms with Gasteiger partial charge in [0.1, 0.15) is 0 Å². The molecule has 0 aliphatic carbocycles. The van der Waals surface area contributed by atoms with E-state index in [0.29, 0.717) is 0 Å². The second-order valence-corrected chi connectivity index (χ2v) is 3.93. The van der Waals surface area contributed by atoms with Gasteiger partial charge in [0, 0.05) is 12.6 Å². The Bertz CT molecular complexity index is 388. The molecule has 1 atom stereocenters. The molecule has 0 aromatic heterocycles. The van der Waals surface area contributed by atoms with Crippen LogP contribution in [-0.2, 0) is 9.59 Å². The number of amides is 2. The Balaban J connectivity index is 4.45. The van der Waals surface area contributed by atoms with Gasteiger partial charge in [-0.2, -0.15) is 17.6 Å². The molecule has 0 unspecified atom stereocenters. The number of hydrogen-bond acceptors (Lipinski definition) is 2. The molecule has 0 saturated carbocycles. The van der Waals surface area contributed by atoms with E-state index in [0.717, 1.165) is 6.92 Å². The van der Waals surface area contributed by atoms with Crippen LogP contribution in [0.25, 0.3) is 0 Å². The third-order valence-corrected chi connectivity index (χ3v) is 2.10. The molecule has 0 aliphatic rings. The Morgan fingerprint density at radius 1 is 0.905 bits per heavy atom. The molecule has 0 aromatic carbocycles. The predicted octanol–water partition coefficient (Wildman–Crippen LogP) is 1.41. The van der Waals surface area contributed by atoms with Gasteiger partial charge in [0.25, 0.3) is 11.8 Å². The highest BCUT2D eigenvalue weighted by atomic mass is 19.3. The number of rotatable bonds is 7. The quantitative estimate of drug-likeness (QED) is 0.694. The second-order valence-electron chi connectivity index (χ2n) is 3.93. The van der Waals surface area contributed by atoms with Crippen molar-refractivity contribution in [1.29, 1.82) is 0 Å². The van der Waals surface area contributed by atoms with Gasteiger partial charge in [-0.05, 0) is 6.92 Å². The van der Waals surface area contributed by atoms with Crippen LogP contribution in [0.5, 0.6) is 0 Å². The fourth-order valence-corrected chi connectivity index (χ4v) is 0.933. The molecule has 0 aliphatic heterocycles. The van der Waals surface area contributed by atoms with Crippen molar-refractivity contribution < 1.29 is 44.7 Å². The third-order valence-electron chi connectivity index (χ3n) is 2.10. The topological polar surface area (TPSA) is 58.2 Å².